The van der Waals surface area contributed by atoms with Gasteiger partial charge in [-0.2, -0.15) is 0 Å². The van der Waals surface area contributed by atoms with Crippen molar-refractivity contribution in [3.63, 3.8) is 0 Å². The van der Waals surface area contributed by atoms with Crippen molar-refractivity contribution in [1.82, 2.24) is 5.32 Å². The zero-order chi connectivity index (χ0) is 22.1. The lowest BCUT2D eigenvalue weighted by Gasteiger charge is -2.35. The lowest BCUT2D eigenvalue weighted by molar-refractivity contribution is -0.142. The van der Waals surface area contributed by atoms with Crippen LogP contribution in [0.1, 0.15) is 36.0 Å². The van der Waals surface area contributed by atoms with Crippen molar-refractivity contribution in [2.75, 3.05) is 0 Å². The molecule has 3 rings (SSSR count). The van der Waals surface area contributed by atoms with Gasteiger partial charge >= 0.3 is 5.97 Å². The molecule has 31 heavy (non-hydrogen) atoms. The second kappa shape index (κ2) is 10.3. The minimum absolute atomic E-state index is 0.264. The Bertz CT molecular complexity index is 943. The molecule has 0 saturated carbocycles. The highest BCUT2D eigenvalue weighted by atomic mass is 16.4. The van der Waals surface area contributed by atoms with Crippen molar-refractivity contribution in [2.24, 2.45) is 0 Å². The number of hydrogen-bond donors (Lipinski definition) is 2. The van der Waals surface area contributed by atoms with Gasteiger partial charge in [0.2, 0.25) is 5.91 Å². The number of nitrogens with one attached hydrogen (secondary N) is 1. The van der Waals surface area contributed by atoms with Gasteiger partial charge in [0.1, 0.15) is 11.5 Å². The summed E-state index contributed by atoms with van der Waals surface area (Å²) >= 11 is 0. The van der Waals surface area contributed by atoms with Gasteiger partial charge in [-0.15, -0.1) is 12.3 Å². The van der Waals surface area contributed by atoms with Gasteiger partial charge in [-0.25, -0.2) is 4.79 Å². The van der Waals surface area contributed by atoms with Crippen LogP contribution in [0.15, 0.2) is 91.0 Å². The van der Waals surface area contributed by atoms with Gasteiger partial charge < -0.3 is 10.4 Å². The smallest absolute Gasteiger partial charge is 0.326 e. The van der Waals surface area contributed by atoms with E-state index in [1.807, 2.05) is 91.0 Å². The van der Waals surface area contributed by atoms with Gasteiger partial charge in [-0.3, -0.25) is 4.79 Å². The fourth-order valence-electron chi connectivity index (χ4n) is 3.89. The molecule has 0 fully saturated rings. The summed E-state index contributed by atoms with van der Waals surface area (Å²) in [6.45, 7) is 0. The zero-order valence-electron chi connectivity index (χ0n) is 17.2. The summed E-state index contributed by atoms with van der Waals surface area (Å²) in [5, 5.41) is 12.5. The quantitative estimate of drug-likeness (QED) is 0.312. The molecular weight excluding hydrogens is 386 g/mol. The van der Waals surface area contributed by atoms with E-state index < -0.39 is 17.4 Å². The molecule has 0 aliphatic heterocycles. The van der Waals surface area contributed by atoms with Gasteiger partial charge in [0.15, 0.2) is 0 Å². The molecule has 1 amide bonds. The molecule has 0 heterocycles. The maximum absolute atomic E-state index is 14.0. The van der Waals surface area contributed by atoms with Crippen molar-refractivity contribution >= 4 is 11.9 Å². The lowest BCUT2D eigenvalue weighted by atomic mass is 9.68. The van der Waals surface area contributed by atoms with Crippen molar-refractivity contribution in [1.29, 1.82) is 0 Å². The van der Waals surface area contributed by atoms with Crippen LogP contribution in [0, 0.1) is 12.3 Å². The summed E-state index contributed by atoms with van der Waals surface area (Å²) in [7, 11) is 0. The Labute approximate surface area is 182 Å². The van der Waals surface area contributed by atoms with E-state index in [0.717, 1.165) is 16.7 Å². The van der Waals surface area contributed by atoms with Crippen LogP contribution in [-0.2, 0) is 15.0 Å². The number of rotatable bonds is 9. The van der Waals surface area contributed by atoms with Crippen LogP contribution in [0.4, 0.5) is 0 Å². The summed E-state index contributed by atoms with van der Waals surface area (Å²) < 4.78 is 0. The summed E-state index contributed by atoms with van der Waals surface area (Å²) in [5.41, 5.74) is 1.08. The maximum atomic E-state index is 14.0. The van der Waals surface area contributed by atoms with Crippen molar-refractivity contribution < 1.29 is 14.7 Å². The topological polar surface area (TPSA) is 66.4 Å². The number of terminal acetylenes is 1. The molecule has 1 atom stereocenters. The summed E-state index contributed by atoms with van der Waals surface area (Å²) in [6, 6.07) is 27.3. The van der Waals surface area contributed by atoms with E-state index in [1.54, 1.807) is 0 Å². The normalized spacial score (nSPS) is 11.8. The van der Waals surface area contributed by atoms with E-state index in [2.05, 4.69) is 11.2 Å². The first-order chi connectivity index (χ1) is 15.1. The third kappa shape index (κ3) is 4.67. The van der Waals surface area contributed by atoms with Gasteiger partial charge in [0.05, 0.1) is 0 Å². The molecule has 156 valence electrons. The third-order valence-corrected chi connectivity index (χ3v) is 5.38. The fourth-order valence-corrected chi connectivity index (χ4v) is 3.89. The average Bonchev–Trinajstić information content (AvgIpc) is 2.81. The Balaban J connectivity index is 2.17. The van der Waals surface area contributed by atoms with Crippen LogP contribution in [-0.4, -0.2) is 23.0 Å². The van der Waals surface area contributed by atoms with Crippen LogP contribution in [0.5, 0.6) is 0 Å². The molecule has 0 aliphatic carbocycles. The van der Waals surface area contributed by atoms with Crippen molar-refractivity contribution in [3.8, 4) is 12.3 Å². The second-order valence-electron chi connectivity index (χ2n) is 7.31. The predicted octanol–water partition coefficient (Wildman–Crippen LogP) is 4.39. The highest BCUT2D eigenvalue weighted by molar-refractivity contribution is 5.98. The van der Waals surface area contributed by atoms with E-state index in [0.29, 0.717) is 12.8 Å². The molecule has 4 nitrogen and oxygen atoms in total. The first-order valence-corrected chi connectivity index (χ1v) is 10.2. The minimum atomic E-state index is -1.20. The standard InChI is InChI=1S/C27H25NO3/c1-2-3-7-20-24(25(29)30)28-26(31)27(21-14-8-4-9-15-21,22-16-10-5-11-17-22)23-18-12-6-13-19-23/h1,4-6,8-19,24H,3,7,20H2,(H,28,31)(H,29,30)/t24-/m0/s1. The molecule has 2 N–H and O–H groups in total. The number of carboxylic acid groups (broad SMARTS) is 1. The highest BCUT2D eigenvalue weighted by Gasteiger charge is 2.44. The molecule has 4 heteroatoms. The molecule has 0 radical (unpaired) electrons. The number of carbonyl (C=O) groups excluding carboxylic acids is 1. The van der Waals surface area contributed by atoms with Gasteiger partial charge in [0.25, 0.3) is 0 Å². The summed E-state index contributed by atoms with van der Waals surface area (Å²) in [4.78, 5) is 25.9. The molecule has 0 aromatic heterocycles. The number of aliphatic carboxylic acids is 1. The average molecular weight is 412 g/mol. The second-order valence-corrected chi connectivity index (χ2v) is 7.31. The van der Waals surface area contributed by atoms with Gasteiger partial charge in [0, 0.05) is 6.42 Å². The van der Waals surface area contributed by atoms with E-state index in [1.165, 1.54) is 0 Å². The summed E-state index contributed by atoms with van der Waals surface area (Å²) in [6.07, 6.45) is 6.54. The molecule has 3 aromatic rings. The Kier molecular flexibility index (Phi) is 7.24. The molecular formula is C27H25NO3. The number of benzene rings is 3. The van der Waals surface area contributed by atoms with Crippen LogP contribution in [0.2, 0.25) is 0 Å². The van der Waals surface area contributed by atoms with Crippen molar-refractivity contribution in [2.45, 2.75) is 30.7 Å². The van der Waals surface area contributed by atoms with Crippen molar-refractivity contribution in [3.05, 3.63) is 108 Å². The SMILES string of the molecule is C#CCCC[C@H](NC(=O)C(c1ccccc1)(c1ccccc1)c1ccccc1)C(=O)O. The minimum Gasteiger partial charge on any atom is -0.480 e. The van der Waals surface area contributed by atoms with Crippen LogP contribution >= 0.6 is 0 Å². The first-order valence-electron chi connectivity index (χ1n) is 10.2. The lowest BCUT2D eigenvalue weighted by Crippen LogP contribution is -2.51. The monoisotopic (exact) mass is 411 g/mol. The number of amides is 1. The van der Waals surface area contributed by atoms with E-state index >= 15 is 0 Å². The third-order valence-electron chi connectivity index (χ3n) is 5.38. The Morgan fingerprint density at radius 3 is 1.61 bits per heavy atom. The molecule has 0 bridgehead atoms. The molecule has 3 aromatic carbocycles. The predicted molar refractivity (Wildman–Crippen MR) is 121 cm³/mol. The van der Waals surface area contributed by atoms with E-state index in [9.17, 15) is 14.7 Å². The summed E-state index contributed by atoms with van der Waals surface area (Å²) in [5.74, 6) is 1.06. The van der Waals surface area contributed by atoms with Gasteiger partial charge in [-0.05, 0) is 29.5 Å². The highest BCUT2D eigenvalue weighted by Crippen LogP contribution is 2.39. The zero-order valence-corrected chi connectivity index (χ0v) is 17.2. The van der Waals surface area contributed by atoms with Gasteiger partial charge in [-0.1, -0.05) is 91.0 Å². The number of unbranched alkanes of at least 4 members (excludes halogenated alkanes) is 1. The molecule has 0 aliphatic rings. The largest absolute Gasteiger partial charge is 0.480 e. The Morgan fingerprint density at radius 1 is 0.839 bits per heavy atom. The fraction of sp³-hybridized carbons (Fsp3) is 0.185. The van der Waals surface area contributed by atoms with Crippen LogP contribution in [0.3, 0.4) is 0 Å². The molecule has 0 saturated heterocycles. The molecule has 0 spiro atoms. The number of hydrogen-bond acceptors (Lipinski definition) is 2. The van der Waals surface area contributed by atoms with Crippen LogP contribution < -0.4 is 5.32 Å². The first kappa shape index (κ1) is 21.9. The molecule has 0 unspecified atom stereocenters. The Hall–Kier alpha value is -3.84. The van der Waals surface area contributed by atoms with E-state index in [4.69, 9.17) is 6.42 Å². The number of carboxylic acids is 1. The number of carbonyl (C=O) groups is 2. The van der Waals surface area contributed by atoms with Crippen LogP contribution in [0.25, 0.3) is 0 Å². The maximum Gasteiger partial charge on any atom is 0.326 e. The Morgan fingerprint density at radius 2 is 1.26 bits per heavy atom. The van der Waals surface area contributed by atoms with E-state index in [-0.39, 0.29) is 12.3 Å².